The molecule has 0 spiro atoms. The number of aliphatic hydroxyl groups is 1. The van der Waals surface area contributed by atoms with Crippen LogP contribution in [0.25, 0.3) is 0 Å². The van der Waals surface area contributed by atoms with Crippen LogP contribution < -0.4 is 10.2 Å². The van der Waals surface area contributed by atoms with Crippen molar-refractivity contribution in [2.45, 2.75) is 225 Å². The van der Waals surface area contributed by atoms with Gasteiger partial charge in [0.15, 0.2) is 0 Å². The maximum absolute atomic E-state index is 12.8. The summed E-state index contributed by atoms with van der Waals surface area (Å²) in [4.78, 5) is 25.3. The average molecular weight is 773 g/mol. The summed E-state index contributed by atoms with van der Waals surface area (Å²) in [7, 11) is 1.30. The second-order valence-corrected chi connectivity index (χ2v) is 18.2. The Kier molecular flexibility index (Phi) is 36.3. The normalized spacial score (nSPS) is 14.5. The predicted octanol–water partition coefficient (Wildman–Crippen LogP) is 11.7. The third kappa shape index (κ3) is 39.3. The van der Waals surface area contributed by atoms with Crippen LogP contribution in [-0.2, 0) is 18.4 Å². The number of quaternary nitrogens is 1. The molecule has 3 unspecified atom stereocenters. The van der Waals surface area contributed by atoms with Crippen molar-refractivity contribution in [3.8, 4) is 0 Å². The monoisotopic (exact) mass is 773 g/mol. The van der Waals surface area contributed by atoms with Crippen LogP contribution in [0.4, 0.5) is 0 Å². The highest BCUT2D eigenvalue weighted by Crippen LogP contribution is 2.38. The minimum absolute atomic E-state index is 0.0124. The average Bonchev–Trinajstić information content (AvgIpc) is 3.10. The second kappa shape index (κ2) is 36.9. The van der Waals surface area contributed by atoms with Crippen molar-refractivity contribution in [1.82, 2.24) is 5.32 Å². The van der Waals surface area contributed by atoms with Crippen molar-refractivity contribution >= 4 is 13.7 Å². The number of aliphatic hydroxyl groups excluding tert-OH is 1. The first kappa shape index (κ1) is 52.2. The van der Waals surface area contributed by atoms with Crippen LogP contribution >= 0.6 is 7.82 Å². The fourth-order valence-electron chi connectivity index (χ4n) is 6.62. The molecule has 1 amide bonds. The zero-order valence-electron chi connectivity index (χ0n) is 35.7. The van der Waals surface area contributed by atoms with Crippen LogP contribution in [0.5, 0.6) is 0 Å². The van der Waals surface area contributed by atoms with Crippen molar-refractivity contribution in [2.24, 2.45) is 0 Å². The lowest BCUT2D eigenvalue weighted by Crippen LogP contribution is -2.46. The molecule has 0 saturated carbocycles. The van der Waals surface area contributed by atoms with Gasteiger partial charge < -0.3 is 28.8 Å². The molecular weight excluding hydrogens is 683 g/mol. The Hall–Kier alpha value is -0.760. The lowest BCUT2D eigenvalue weighted by Gasteiger charge is -2.30. The van der Waals surface area contributed by atoms with Crippen LogP contribution in [-0.4, -0.2) is 68.5 Å². The maximum atomic E-state index is 12.8. The van der Waals surface area contributed by atoms with E-state index >= 15 is 0 Å². The fourth-order valence-corrected chi connectivity index (χ4v) is 7.35. The van der Waals surface area contributed by atoms with Crippen molar-refractivity contribution in [2.75, 3.05) is 40.9 Å². The van der Waals surface area contributed by atoms with E-state index in [1.807, 2.05) is 21.1 Å². The van der Waals surface area contributed by atoms with Crippen LogP contribution in [0, 0.1) is 0 Å². The van der Waals surface area contributed by atoms with Crippen LogP contribution in [0.1, 0.15) is 213 Å². The summed E-state index contributed by atoms with van der Waals surface area (Å²) < 4.78 is 23.3. The molecule has 316 valence electrons. The molecule has 3 atom stereocenters. The first-order chi connectivity index (χ1) is 25.5. The van der Waals surface area contributed by atoms with E-state index in [0.29, 0.717) is 23.9 Å². The predicted molar refractivity (Wildman–Crippen MR) is 224 cm³/mol. The highest BCUT2D eigenvalue weighted by molar-refractivity contribution is 7.45. The van der Waals surface area contributed by atoms with E-state index < -0.39 is 20.0 Å². The molecule has 0 aromatic heterocycles. The van der Waals surface area contributed by atoms with E-state index in [1.165, 1.54) is 135 Å². The lowest BCUT2D eigenvalue weighted by atomic mass is 10.0. The summed E-state index contributed by atoms with van der Waals surface area (Å²) in [6.45, 7) is 4.71. The number of hydrogen-bond acceptors (Lipinski definition) is 6. The lowest BCUT2D eigenvalue weighted by molar-refractivity contribution is -0.870. The SMILES string of the molecule is CCCCCCC/C=C\CCCCCCCC(=O)NC(COP(=O)([O-])OCC[N+](C)(C)C)C(O)CCCCCCCCCCCCCCCCCCC. The number of nitrogens with one attached hydrogen (secondary N) is 1. The quantitative estimate of drug-likeness (QED) is 0.0277. The number of amides is 1. The standard InChI is InChI=1S/C44H89N2O6P/c1-6-8-10-12-14-16-18-20-22-23-24-25-27-29-31-33-35-37-43(47)42(41-52-53(49,50)51-40-39-46(3,4)5)45-44(48)38-36-34-32-30-28-26-21-19-17-15-13-11-9-7-2/h19,21,42-43,47H,6-18,20,22-41H2,1-5H3,(H-,45,48,49,50)/b21-19-. The number of unbranched alkanes of at least 4 members (excludes halogenated alkanes) is 26. The Morgan fingerprint density at radius 1 is 0.642 bits per heavy atom. The largest absolute Gasteiger partial charge is 0.756 e. The summed E-state index contributed by atoms with van der Waals surface area (Å²) in [6, 6.07) is -0.800. The third-order valence-electron chi connectivity index (χ3n) is 10.3. The van der Waals surface area contributed by atoms with Crippen molar-refractivity contribution < 1.29 is 32.9 Å². The number of carbonyl (C=O) groups excluding carboxylic acids is 1. The molecule has 0 heterocycles. The van der Waals surface area contributed by atoms with Gasteiger partial charge >= 0.3 is 0 Å². The number of nitrogens with zero attached hydrogens (tertiary/aromatic N) is 1. The van der Waals surface area contributed by atoms with Gasteiger partial charge in [-0.1, -0.05) is 180 Å². The number of carbonyl (C=O) groups is 1. The summed E-state index contributed by atoms with van der Waals surface area (Å²) in [5.41, 5.74) is 0. The van der Waals surface area contributed by atoms with Gasteiger partial charge in [0.1, 0.15) is 13.2 Å². The van der Waals surface area contributed by atoms with E-state index in [-0.39, 0.29) is 19.1 Å². The van der Waals surface area contributed by atoms with Gasteiger partial charge in [0, 0.05) is 6.42 Å². The minimum atomic E-state index is -4.56. The molecule has 9 heteroatoms. The van der Waals surface area contributed by atoms with E-state index in [1.54, 1.807) is 0 Å². The summed E-state index contributed by atoms with van der Waals surface area (Å²) in [5.74, 6) is -0.173. The summed E-state index contributed by atoms with van der Waals surface area (Å²) in [6.07, 6.45) is 40.6. The molecule has 0 bridgehead atoms. The molecule has 0 aromatic rings. The zero-order valence-corrected chi connectivity index (χ0v) is 36.6. The van der Waals surface area contributed by atoms with E-state index in [9.17, 15) is 19.4 Å². The molecule has 0 rings (SSSR count). The molecular formula is C44H89N2O6P. The Balaban J connectivity index is 4.35. The van der Waals surface area contributed by atoms with Gasteiger partial charge in [-0.2, -0.15) is 0 Å². The van der Waals surface area contributed by atoms with E-state index in [4.69, 9.17) is 9.05 Å². The van der Waals surface area contributed by atoms with Crippen LogP contribution in [0.2, 0.25) is 0 Å². The highest BCUT2D eigenvalue weighted by atomic mass is 31.2. The van der Waals surface area contributed by atoms with Crippen molar-refractivity contribution in [3.63, 3.8) is 0 Å². The first-order valence-electron chi connectivity index (χ1n) is 22.5. The van der Waals surface area contributed by atoms with Gasteiger partial charge in [-0.05, 0) is 38.5 Å². The molecule has 0 aliphatic rings. The van der Waals surface area contributed by atoms with Crippen molar-refractivity contribution in [1.29, 1.82) is 0 Å². The Labute approximate surface area is 329 Å². The van der Waals surface area contributed by atoms with Gasteiger partial charge in [-0.15, -0.1) is 0 Å². The van der Waals surface area contributed by atoms with E-state index in [2.05, 4.69) is 31.3 Å². The molecule has 53 heavy (non-hydrogen) atoms. The molecule has 8 nitrogen and oxygen atoms in total. The van der Waals surface area contributed by atoms with Gasteiger partial charge in [0.2, 0.25) is 5.91 Å². The van der Waals surface area contributed by atoms with Crippen LogP contribution in [0.3, 0.4) is 0 Å². The third-order valence-corrected chi connectivity index (χ3v) is 11.2. The van der Waals surface area contributed by atoms with Gasteiger partial charge in [0.05, 0.1) is 39.9 Å². The Bertz CT molecular complexity index is 880. The molecule has 0 saturated heterocycles. The zero-order chi connectivity index (χ0) is 39.3. The highest BCUT2D eigenvalue weighted by Gasteiger charge is 2.24. The van der Waals surface area contributed by atoms with Crippen LogP contribution in [0.15, 0.2) is 12.2 Å². The van der Waals surface area contributed by atoms with Gasteiger partial charge in [0.25, 0.3) is 7.82 Å². The smallest absolute Gasteiger partial charge is 0.268 e. The minimum Gasteiger partial charge on any atom is -0.756 e. The van der Waals surface area contributed by atoms with Gasteiger partial charge in [-0.25, -0.2) is 0 Å². The number of rotatable bonds is 41. The molecule has 0 radical (unpaired) electrons. The number of phosphoric acid groups is 1. The summed E-state index contributed by atoms with van der Waals surface area (Å²) >= 11 is 0. The Morgan fingerprint density at radius 2 is 1.04 bits per heavy atom. The van der Waals surface area contributed by atoms with E-state index in [0.717, 1.165) is 51.4 Å². The first-order valence-corrected chi connectivity index (χ1v) is 24.0. The van der Waals surface area contributed by atoms with Crippen molar-refractivity contribution in [3.05, 3.63) is 12.2 Å². The fraction of sp³-hybridized carbons (Fsp3) is 0.932. The van der Waals surface area contributed by atoms with Gasteiger partial charge in [-0.3, -0.25) is 9.36 Å². The number of allylic oxidation sites excluding steroid dienone is 2. The topological polar surface area (TPSA) is 108 Å². The molecule has 0 aromatic carbocycles. The number of hydrogen-bond donors (Lipinski definition) is 2. The Morgan fingerprint density at radius 3 is 1.47 bits per heavy atom. The second-order valence-electron chi connectivity index (χ2n) is 16.8. The number of phosphoric ester groups is 1. The molecule has 0 fully saturated rings. The molecule has 0 aliphatic heterocycles. The molecule has 0 aliphatic carbocycles. The maximum Gasteiger partial charge on any atom is 0.268 e. The number of likely N-dealkylation sites (N-methyl/N-ethyl adjacent to an activating group) is 1. The summed E-state index contributed by atoms with van der Waals surface area (Å²) in [5, 5.41) is 13.9. The molecule has 2 N–H and O–H groups in total.